The van der Waals surface area contributed by atoms with Crippen molar-refractivity contribution in [1.29, 1.82) is 0 Å². The molecule has 2 aromatic heterocycles. The van der Waals surface area contributed by atoms with Crippen molar-refractivity contribution in [2.75, 3.05) is 12.3 Å². The molecule has 0 radical (unpaired) electrons. The van der Waals surface area contributed by atoms with Gasteiger partial charge in [-0.15, -0.1) is 0 Å². The molecule has 0 amide bonds. The number of hydrogen-bond donors (Lipinski definition) is 2. The minimum Gasteiger partial charge on any atom is -0.460 e. The van der Waals surface area contributed by atoms with Gasteiger partial charge >= 0.3 is 11.7 Å². The van der Waals surface area contributed by atoms with E-state index in [4.69, 9.17) is 15.2 Å². The molecular weight excluding hydrogens is 346 g/mol. The maximum atomic E-state index is 12.4. The first-order valence-electron chi connectivity index (χ1n) is 9.85. The first-order chi connectivity index (χ1) is 12.8. The number of anilines is 1. The Morgan fingerprint density at radius 3 is 2.93 bits per heavy atom. The van der Waals surface area contributed by atoms with Gasteiger partial charge in [0.05, 0.1) is 11.7 Å². The number of nitrogens with two attached hydrogens (primary N) is 1. The number of aromatic nitrogens is 4. The molecule has 8 nitrogen and oxygen atoms in total. The predicted octanol–water partition coefficient (Wildman–Crippen LogP) is 2.86. The zero-order valence-corrected chi connectivity index (χ0v) is 16.7. The largest absolute Gasteiger partial charge is 0.460 e. The molecule has 2 aromatic rings. The van der Waals surface area contributed by atoms with Gasteiger partial charge in [0.1, 0.15) is 5.52 Å². The zero-order valence-electron chi connectivity index (χ0n) is 16.7. The lowest BCUT2D eigenvalue weighted by Crippen LogP contribution is -2.34. The lowest BCUT2D eigenvalue weighted by molar-refractivity contribution is -0.0740. The van der Waals surface area contributed by atoms with E-state index in [2.05, 4.69) is 35.7 Å². The van der Waals surface area contributed by atoms with Crippen LogP contribution in [0.4, 0.5) is 5.82 Å². The molecule has 1 unspecified atom stereocenters. The van der Waals surface area contributed by atoms with Crippen LogP contribution in [0.15, 0.2) is 4.79 Å². The maximum Gasteiger partial charge on any atom is 0.327 e. The Hall–Kier alpha value is -2.09. The van der Waals surface area contributed by atoms with Crippen LogP contribution in [0.3, 0.4) is 0 Å². The van der Waals surface area contributed by atoms with Crippen LogP contribution >= 0.6 is 0 Å². The lowest BCUT2D eigenvalue weighted by Gasteiger charge is -2.35. The Kier molecular flexibility index (Phi) is 5.74. The topological polar surface area (TPSA) is 108 Å². The summed E-state index contributed by atoms with van der Waals surface area (Å²) in [6.45, 7) is 9.66. The van der Waals surface area contributed by atoms with E-state index in [9.17, 15) is 4.79 Å². The number of imidazole rings is 1. The molecule has 1 aliphatic heterocycles. The number of ether oxygens (including phenoxy) is 2. The molecule has 0 aliphatic carbocycles. The average Bonchev–Trinajstić information content (AvgIpc) is 2.88. The molecule has 3 rings (SSSR count). The third-order valence-electron chi connectivity index (χ3n) is 5.19. The van der Waals surface area contributed by atoms with Crippen LogP contribution in [0, 0.1) is 5.92 Å². The lowest BCUT2D eigenvalue weighted by atomic mass is 9.86. The second kappa shape index (κ2) is 7.88. The minimum absolute atomic E-state index is 0.00423. The maximum absolute atomic E-state index is 12.4. The van der Waals surface area contributed by atoms with Gasteiger partial charge in [-0.3, -0.25) is 4.57 Å². The van der Waals surface area contributed by atoms with E-state index >= 15 is 0 Å². The molecule has 1 saturated heterocycles. The summed E-state index contributed by atoms with van der Waals surface area (Å²) >= 11 is 0. The number of aromatic amines is 1. The molecule has 0 aromatic carbocycles. The monoisotopic (exact) mass is 377 g/mol. The Balaban J connectivity index is 1.81. The molecule has 0 bridgehead atoms. The van der Waals surface area contributed by atoms with Gasteiger partial charge in [0.25, 0.3) is 0 Å². The summed E-state index contributed by atoms with van der Waals surface area (Å²) in [6.07, 6.45) is 4.81. The molecule has 27 heavy (non-hydrogen) atoms. The molecule has 1 fully saturated rings. The normalized spacial score (nSPS) is 20.7. The molecule has 0 saturated carbocycles. The van der Waals surface area contributed by atoms with Crippen molar-refractivity contribution in [3.05, 3.63) is 10.5 Å². The van der Waals surface area contributed by atoms with E-state index in [1.165, 1.54) is 0 Å². The highest BCUT2D eigenvalue weighted by Gasteiger charge is 2.29. The third kappa shape index (κ3) is 4.61. The van der Waals surface area contributed by atoms with Crippen LogP contribution in [-0.2, 0) is 11.3 Å². The number of nitrogen functional groups attached to an aromatic ring is 1. The van der Waals surface area contributed by atoms with E-state index in [1.807, 2.05) is 6.92 Å². The molecule has 1 aliphatic rings. The Bertz CT molecular complexity index is 842. The summed E-state index contributed by atoms with van der Waals surface area (Å²) in [4.78, 5) is 23.9. The summed E-state index contributed by atoms with van der Waals surface area (Å²) in [6, 6.07) is 0.223. The summed E-state index contributed by atoms with van der Waals surface area (Å²) in [5.41, 5.74) is 6.71. The molecule has 2 atom stereocenters. The van der Waals surface area contributed by atoms with Crippen molar-refractivity contribution in [2.24, 2.45) is 5.92 Å². The molecular formula is C19H31N5O3. The standard InChI is InChI=1S/C19H31N5O3/c1-5-6-12(2)27-17-22-15(20)14-16(23-17)24(18(25)21-14)9-7-13-8-10-26-19(3,4)11-13/h12-13H,5-11H2,1-4H3,(H,21,25)(H2,20,22,23)/t12-,13?/m0/s1. The SMILES string of the molecule is CCC[C@H](C)Oc1nc(N)c2[nH]c(=O)n(CCC3CCOC(C)(C)C3)c2n1. The predicted molar refractivity (Wildman–Crippen MR) is 105 cm³/mol. The van der Waals surface area contributed by atoms with Crippen molar-refractivity contribution >= 4 is 17.0 Å². The van der Waals surface area contributed by atoms with Crippen LogP contribution in [0.2, 0.25) is 0 Å². The quantitative estimate of drug-likeness (QED) is 0.768. The van der Waals surface area contributed by atoms with Crippen LogP contribution in [0.25, 0.3) is 11.2 Å². The fraction of sp³-hybridized carbons (Fsp3) is 0.737. The number of hydrogen-bond acceptors (Lipinski definition) is 6. The Morgan fingerprint density at radius 1 is 1.44 bits per heavy atom. The zero-order chi connectivity index (χ0) is 19.6. The third-order valence-corrected chi connectivity index (χ3v) is 5.19. The van der Waals surface area contributed by atoms with E-state index in [0.29, 0.717) is 23.6 Å². The summed E-state index contributed by atoms with van der Waals surface area (Å²) in [7, 11) is 0. The first kappa shape index (κ1) is 19.7. The summed E-state index contributed by atoms with van der Waals surface area (Å²) in [5, 5.41) is 0. The van der Waals surface area contributed by atoms with E-state index in [1.54, 1.807) is 4.57 Å². The summed E-state index contributed by atoms with van der Waals surface area (Å²) in [5.74, 6) is 0.756. The molecule has 3 N–H and O–H groups in total. The fourth-order valence-corrected chi connectivity index (χ4v) is 3.85. The fourth-order valence-electron chi connectivity index (χ4n) is 3.85. The van der Waals surface area contributed by atoms with Crippen molar-refractivity contribution < 1.29 is 9.47 Å². The number of nitrogens with one attached hydrogen (secondary N) is 1. The number of fused-ring (bicyclic) bond motifs is 1. The number of H-pyrrole nitrogens is 1. The van der Waals surface area contributed by atoms with E-state index in [-0.39, 0.29) is 29.2 Å². The van der Waals surface area contributed by atoms with Crippen molar-refractivity contribution in [3.8, 4) is 6.01 Å². The first-order valence-corrected chi connectivity index (χ1v) is 9.85. The molecule has 8 heteroatoms. The van der Waals surface area contributed by atoms with E-state index in [0.717, 1.165) is 38.7 Å². The minimum atomic E-state index is -0.212. The highest BCUT2D eigenvalue weighted by atomic mass is 16.5. The van der Waals surface area contributed by atoms with E-state index < -0.39 is 0 Å². The van der Waals surface area contributed by atoms with Gasteiger partial charge in [-0.1, -0.05) is 13.3 Å². The summed E-state index contributed by atoms with van der Waals surface area (Å²) < 4.78 is 13.2. The second-order valence-corrected chi connectivity index (χ2v) is 8.14. The van der Waals surface area contributed by atoms with Gasteiger partial charge in [0.15, 0.2) is 11.5 Å². The van der Waals surface area contributed by atoms with Gasteiger partial charge in [0, 0.05) is 13.2 Å². The van der Waals surface area contributed by atoms with Gasteiger partial charge in [0.2, 0.25) is 0 Å². The number of aryl methyl sites for hydroxylation is 1. The van der Waals surface area contributed by atoms with Crippen molar-refractivity contribution in [2.45, 2.75) is 78.0 Å². The van der Waals surface area contributed by atoms with Crippen LogP contribution in [0.1, 0.15) is 59.8 Å². The van der Waals surface area contributed by atoms with Gasteiger partial charge < -0.3 is 20.2 Å². The van der Waals surface area contributed by atoms with Crippen LogP contribution < -0.4 is 16.2 Å². The highest BCUT2D eigenvalue weighted by molar-refractivity contribution is 5.81. The molecule has 150 valence electrons. The number of rotatable bonds is 7. The van der Waals surface area contributed by atoms with Gasteiger partial charge in [-0.25, -0.2) is 4.79 Å². The second-order valence-electron chi connectivity index (χ2n) is 8.14. The average molecular weight is 377 g/mol. The Morgan fingerprint density at radius 2 is 2.22 bits per heavy atom. The molecule has 3 heterocycles. The van der Waals surface area contributed by atoms with Crippen molar-refractivity contribution in [3.63, 3.8) is 0 Å². The van der Waals surface area contributed by atoms with Gasteiger partial charge in [-0.05, 0) is 52.4 Å². The number of nitrogens with zero attached hydrogens (tertiary/aromatic N) is 3. The highest BCUT2D eigenvalue weighted by Crippen LogP contribution is 2.31. The smallest absolute Gasteiger partial charge is 0.327 e. The Labute approximate surface area is 159 Å². The van der Waals surface area contributed by atoms with Gasteiger partial charge in [-0.2, -0.15) is 9.97 Å². The molecule has 0 spiro atoms. The van der Waals surface area contributed by atoms with Crippen molar-refractivity contribution in [1.82, 2.24) is 19.5 Å². The van der Waals surface area contributed by atoms with Crippen LogP contribution in [-0.4, -0.2) is 37.8 Å². The van der Waals surface area contributed by atoms with Crippen LogP contribution in [0.5, 0.6) is 6.01 Å².